The monoisotopic (exact) mass is 294 g/mol. The maximum atomic E-state index is 4.84. The molecule has 0 aromatic rings. The van der Waals surface area contributed by atoms with Gasteiger partial charge in [0.25, 0.3) is 0 Å². The predicted octanol–water partition coefficient (Wildman–Crippen LogP) is 3.11. The van der Waals surface area contributed by atoms with Crippen LogP contribution < -0.4 is 0 Å². The molecule has 0 amide bonds. The minimum Gasteiger partial charge on any atom is -0.371 e. The molecule has 3 aliphatic heterocycles. The molecular formula is C15H22N2S2. The molecule has 3 heterocycles. The fourth-order valence-corrected chi connectivity index (χ4v) is 4.49. The van der Waals surface area contributed by atoms with Gasteiger partial charge in [0.05, 0.1) is 4.08 Å². The second kappa shape index (κ2) is 5.58. The van der Waals surface area contributed by atoms with E-state index in [2.05, 4.69) is 46.7 Å². The summed E-state index contributed by atoms with van der Waals surface area (Å²) in [5.41, 5.74) is 1.47. The van der Waals surface area contributed by atoms with Crippen LogP contribution in [0.2, 0.25) is 0 Å². The minimum atomic E-state index is 0.0639. The van der Waals surface area contributed by atoms with E-state index in [4.69, 9.17) is 12.6 Å². The van der Waals surface area contributed by atoms with E-state index < -0.39 is 0 Å². The Balaban J connectivity index is 1.67. The summed E-state index contributed by atoms with van der Waals surface area (Å²) in [5.74, 6) is 0. The molecule has 0 N–H and O–H groups in total. The topological polar surface area (TPSA) is 6.48 Å². The standard InChI is InChI=1S/C15H22N2S2/c1-16-8-3-6-14(16)13-5-2-9-17(11-13)12-15(18)7-4-10-19-15/h2,4-5,10-11,14,18H,3,6-9,12H2,1H3. The average Bonchev–Trinajstić information content (AvgIpc) is 2.99. The summed E-state index contributed by atoms with van der Waals surface area (Å²) in [6.07, 6.45) is 12.9. The van der Waals surface area contributed by atoms with Crippen molar-refractivity contribution in [1.82, 2.24) is 9.80 Å². The van der Waals surface area contributed by atoms with Gasteiger partial charge >= 0.3 is 0 Å². The van der Waals surface area contributed by atoms with Crippen LogP contribution in [0.15, 0.2) is 35.4 Å². The third-order valence-corrected chi connectivity index (χ3v) is 5.86. The molecule has 0 aromatic carbocycles. The van der Waals surface area contributed by atoms with E-state index in [1.54, 1.807) is 0 Å². The Kier molecular flexibility index (Phi) is 4.01. The molecule has 3 aliphatic rings. The van der Waals surface area contributed by atoms with Gasteiger partial charge in [0.15, 0.2) is 0 Å². The molecule has 2 atom stereocenters. The Morgan fingerprint density at radius 2 is 2.37 bits per heavy atom. The van der Waals surface area contributed by atoms with Gasteiger partial charge in [0.1, 0.15) is 0 Å². The van der Waals surface area contributed by atoms with Gasteiger partial charge in [0, 0.05) is 25.3 Å². The molecule has 0 bridgehead atoms. The zero-order valence-electron chi connectivity index (χ0n) is 11.5. The number of likely N-dealkylation sites (tertiary alicyclic amines) is 1. The van der Waals surface area contributed by atoms with Crippen LogP contribution in [-0.2, 0) is 0 Å². The van der Waals surface area contributed by atoms with Gasteiger partial charge in [0.2, 0.25) is 0 Å². The first-order chi connectivity index (χ1) is 9.16. The number of likely N-dealkylation sites (N-methyl/N-ethyl adjacent to an activating group) is 1. The van der Waals surface area contributed by atoms with Crippen molar-refractivity contribution in [1.29, 1.82) is 0 Å². The highest BCUT2D eigenvalue weighted by atomic mass is 32.2. The van der Waals surface area contributed by atoms with Gasteiger partial charge in [-0.1, -0.05) is 18.2 Å². The van der Waals surface area contributed by atoms with Crippen molar-refractivity contribution in [2.75, 3.05) is 26.7 Å². The fraction of sp³-hybridized carbons (Fsp3) is 0.600. The summed E-state index contributed by atoms with van der Waals surface area (Å²) in [7, 11) is 2.24. The Morgan fingerprint density at radius 3 is 3.05 bits per heavy atom. The highest BCUT2D eigenvalue weighted by Crippen LogP contribution is 2.41. The molecule has 2 nitrogen and oxygen atoms in total. The van der Waals surface area contributed by atoms with E-state index >= 15 is 0 Å². The number of allylic oxidation sites excluding steroid dienone is 1. The number of hydrogen-bond acceptors (Lipinski definition) is 4. The molecule has 19 heavy (non-hydrogen) atoms. The number of thiol groups is 1. The van der Waals surface area contributed by atoms with E-state index in [-0.39, 0.29) is 4.08 Å². The van der Waals surface area contributed by atoms with E-state index in [0.29, 0.717) is 6.04 Å². The SMILES string of the molecule is CN1CCCC1C1=CN(CC2(S)CC=CS2)CC=C1. The Labute approximate surface area is 126 Å². The Bertz CT molecular complexity index is 420. The smallest absolute Gasteiger partial charge is 0.0831 e. The molecule has 1 saturated heterocycles. The second-order valence-electron chi connectivity index (χ2n) is 5.74. The van der Waals surface area contributed by atoms with Crippen molar-refractivity contribution < 1.29 is 0 Å². The highest BCUT2D eigenvalue weighted by Gasteiger charge is 2.31. The summed E-state index contributed by atoms with van der Waals surface area (Å²) in [4.78, 5) is 4.90. The predicted molar refractivity (Wildman–Crippen MR) is 87.5 cm³/mol. The first-order valence-corrected chi connectivity index (χ1v) is 8.37. The van der Waals surface area contributed by atoms with Gasteiger partial charge in [-0.3, -0.25) is 4.90 Å². The van der Waals surface area contributed by atoms with Gasteiger partial charge < -0.3 is 4.90 Å². The zero-order valence-corrected chi connectivity index (χ0v) is 13.2. The van der Waals surface area contributed by atoms with Crippen LogP contribution in [0.3, 0.4) is 0 Å². The summed E-state index contributed by atoms with van der Waals surface area (Å²) >= 11 is 6.69. The quantitative estimate of drug-likeness (QED) is 0.800. The normalized spacial score (nSPS) is 35.2. The van der Waals surface area contributed by atoms with Gasteiger partial charge in [-0.15, -0.1) is 11.8 Å². The lowest BCUT2D eigenvalue weighted by molar-refractivity contribution is 0.334. The molecule has 104 valence electrons. The van der Waals surface area contributed by atoms with Crippen LogP contribution in [0.5, 0.6) is 0 Å². The maximum absolute atomic E-state index is 4.84. The van der Waals surface area contributed by atoms with Crippen LogP contribution in [0.1, 0.15) is 19.3 Å². The van der Waals surface area contributed by atoms with E-state index in [9.17, 15) is 0 Å². The van der Waals surface area contributed by atoms with Gasteiger partial charge in [-0.05, 0) is 43.8 Å². The van der Waals surface area contributed by atoms with Crippen LogP contribution in [0.4, 0.5) is 0 Å². The average molecular weight is 294 g/mol. The van der Waals surface area contributed by atoms with Crippen LogP contribution in [0.25, 0.3) is 0 Å². The first-order valence-electron chi connectivity index (χ1n) is 7.04. The number of hydrogen-bond donors (Lipinski definition) is 1. The molecule has 0 saturated carbocycles. The maximum Gasteiger partial charge on any atom is 0.0831 e. The molecule has 3 rings (SSSR count). The largest absolute Gasteiger partial charge is 0.371 e. The number of rotatable bonds is 3. The molecule has 1 fully saturated rings. The van der Waals surface area contributed by atoms with E-state index in [0.717, 1.165) is 19.5 Å². The summed E-state index contributed by atoms with van der Waals surface area (Å²) in [6.45, 7) is 3.26. The van der Waals surface area contributed by atoms with Crippen molar-refractivity contribution >= 4 is 24.4 Å². The molecule has 2 unspecified atom stereocenters. The lowest BCUT2D eigenvalue weighted by Crippen LogP contribution is -2.35. The number of thioether (sulfide) groups is 1. The van der Waals surface area contributed by atoms with Crippen molar-refractivity contribution in [2.45, 2.75) is 29.4 Å². The van der Waals surface area contributed by atoms with Crippen LogP contribution in [-0.4, -0.2) is 46.6 Å². The van der Waals surface area contributed by atoms with Crippen LogP contribution >= 0.6 is 24.4 Å². The fourth-order valence-electron chi connectivity index (χ4n) is 3.14. The van der Waals surface area contributed by atoms with Crippen molar-refractivity contribution in [3.8, 4) is 0 Å². The Hall–Kier alpha value is -0.320. The van der Waals surface area contributed by atoms with E-state index in [1.807, 2.05) is 11.8 Å². The molecule has 0 radical (unpaired) electrons. The highest BCUT2D eigenvalue weighted by molar-refractivity contribution is 8.13. The second-order valence-corrected chi connectivity index (χ2v) is 8.19. The minimum absolute atomic E-state index is 0.0639. The summed E-state index contributed by atoms with van der Waals surface area (Å²) in [6, 6.07) is 0.615. The summed E-state index contributed by atoms with van der Waals surface area (Å²) in [5, 5.41) is 2.18. The third kappa shape index (κ3) is 3.06. The molecular weight excluding hydrogens is 272 g/mol. The third-order valence-electron chi connectivity index (χ3n) is 4.16. The molecule has 0 spiro atoms. The lowest BCUT2D eigenvalue weighted by atomic mass is 10.0. The molecule has 0 aromatic heterocycles. The van der Waals surface area contributed by atoms with Crippen molar-refractivity contribution in [2.24, 2.45) is 0 Å². The lowest BCUT2D eigenvalue weighted by Gasteiger charge is -2.33. The summed E-state index contributed by atoms with van der Waals surface area (Å²) < 4.78 is 0.0639. The first kappa shape index (κ1) is 13.7. The van der Waals surface area contributed by atoms with Crippen LogP contribution in [0, 0.1) is 0 Å². The van der Waals surface area contributed by atoms with Crippen molar-refractivity contribution in [3.05, 3.63) is 35.4 Å². The van der Waals surface area contributed by atoms with Gasteiger partial charge in [-0.25, -0.2) is 0 Å². The Morgan fingerprint density at radius 1 is 1.47 bits per heavy atom. The molecule has 0 aliphatic carbocycles. The number of nitrogens with zero attached hydrogens (tertiary/aromatic N) is 2. The van der Waals surface area contributed by atoms with E-state index in [1.165, 1.54) is 25.0 Å². The van der Waals surface area contributed by atoms with Crippen molar-refractivity contribution in [3.63, 3.8) is 0 Å². The molecule has 4 heteroatoms. The zero-order chi connectivity index (χ0) is 13.3. The van der Waals surface area contributed by atoms with Gasteiger partial charge in [-0.2, -0.15) is 12.6 Å².